The number of aromatic nitrogens is 1. The van der Waals surface area contributed by atoms with Crippen LogP contribution < -0.4 is 5.32 Å². The molecule has 2 heteroatoms. The molecule has 12 heavy (non-hydrogen) atoms. The lowest BCUT2D eigenvalue weighted by Crippen LogP contribution is -2.30. The molecule has 0 spiro atoms. The van der Waals surface area contributed by atoms with Gasteiger partial charge >= 0.3 is 0 Å². The van der Waals surface area contributed by atoms with Gasteiger partial charge in [0.15, 0.2) is 0 Å². The molecule has 0 aliphatic carbocycles. The van der Waals surface area contributed by atoms with Crippen molar-refractivity contribution in [2.45, 2.75) is 32.7 Å². The van der Waals surface area contributed by atoms with Gasteiger partial charge in [0.05, 0.1) is 0 Å². The van der Waals surface area contributed by atoms with Gasteiger partial charge in [0.25, 0.3) is 0 Å². The zero-order valence-corrected chi connectivity index (χ0v) is 7.93. The number of H-pyrrole nitrogens is 1. The zero-order chi connectivity index (χ0) is 8.81. The second-order valence-electron chi connectivity index (χ2n) is 3.06. The average Bonchev–Trinajstić information content (AvgIpc) is 2.56. The summed E-state index contributed by atoms with van der Waals surface area (Å²) in [4.78, 5) is 3.22. The summed E-state index contributed by atoms with van der Waals surface area (Å²) in [5.41, 5.74) is 1.32. The number of aromatic amines is 1. The Morgan fingerprint density at radius 3 is 2.83 bits per heavy atom. The van der Waals surface area contributed by atoms with Gasteiger partial charge in [-0.25, -0.2) is 0 Å². The van der Waals surface area contributed by atoms with E-state index in [9.17, 15) is 0 Å². The van der Waals surface area contributed by atoms with Gasteiger partial charge < -0.3 is 10.3 Å². The van der Waals surface area contributed by atoms with E-state index in [1.165, 1.54) is 12.1 Å². The van der Waals surface area contributed by atoms with Crippen molar-refractivity contribution < 1.29 is 0 Å². The Morgan fingerprint density at radius 2 is 2.33 bits per heavy atom. The highest BCUT2D eigenvalue weighted by molar-refractivity contribution is 5.05. The van der Waals surface area contributed by atoms with Crippen molar-refractivity contribution in [2.75, 3.05) is 6.54 Å². The molecule has 1 aromatic heterocycles. The summed E-state index contributed by atoms with van der Waals surface area (Å²) >= 11 is 0. The molecule has 0 aliphatic rings. The van der Waals surface area contributed by atoms with Crippen molar-refractivity contribution in [3.63, 3.8) is 0 Å². The van der Waals surface area contributed by atoms with E-state index in [1.807, 2.05) is 12.3 Å². The smallest absolute Gasteiger partial charge is 0.0162 e. The third-order valence-corrected chi connectivity index (χ3v) is 2.11. The molecule has 0 saturated heterocycles. The summed E-state index contributed by atoms with van der Waals surface area (Å²) in [6.07, 6.45) is 4.28. The standard InChI is InChI=1S/C10H18N2/c1-3-9(11-4-2)8-10-6-5-7-12-10/h5-7,9,11-12H,3-4,8H2,1-2H3. The Hall–Kier alpha value is -0.760. The van der Waals surface area contributed by atoms with Crippen molar-refractivity contribution >= 4 is 0 Å². The molecule has 0 fully saturated rings. The lowest BCUT2D eigenvalue weighted by Gasteiger charge is -2.14. The predicted octanol–water partition coefficient (Wildman–Crippen LogP) is 1.95. The lowest BCUT2D eigenvalue weighted by atomic mass is 10.1. The molecule has 0 radical (unpaired) electrons. The van der Waals surface area contributed by atoms with Gasteiger partial charge in [-0.1, -0.05) is 13.8 Å². The summed E-state index contributed by atoms with van der Waals surface area (Å²) in [6.45, 7) is 5.42. The van der Waals surface area contributed by atoms with Crippen LogP contribution >= 0.6 is 0 Å². The van der Waals surface area contributed by atoms with Gasteiger partial charge in [-0.2, -0.15) is 0 Å². The molecule has 0 bridgehead atoms. The van der Waals surface area contributed by atoms with E-state index in [4.69, 9.17) is 0 Å². The van der Waals surface area contributed by atoms with E-state index in [0.29, 0.717) is 6.04 Å². The minimum atomic E-state index is 0.619. The molecule has 68 valence electrons. The number of hydrogen-bond donors (Lipinski definition) is 2. The van der Waals surface area contributed by atoms with Crippen LogP contribution in [0.15, 0.2) is 18.3 Å². The molecule has 1 rings (SSSR count). The third kappa shape index (κ3) is 2.70. The highest BCUT2D eigenvalue weighted by Crippen LogP contribution is 2.02. The van der Waals surface area contributed by atoms with Crippen molar-refractivity contribution in [1.29, 1.82) is 0 Å². The number of nitrogens with one attached hydrogen (secondary N) is 2. The van der Waals surface area contributed by atoms with Crippen LogP contribution in [0.25, 0.3) is 0 Å². The molecule has 0 saturated carbocycles. The van der Waals surface area contributed by atoms with Crippen LogP contribution in [-0.4, -0.2) is 17.6 Å². The second kappa shape index (κ2) is 4.99. The van der Waals surface area contributed by atoms with E-state index in [1.54, 1.807) is 0 Å². The molecule has 1 heterocycles. The minimum Gasteiger partial charge on any atom is -0.365 e. The van der Waals surface area contributed by atoms with Crippen LogP contribution in [0.3, 0.4) is 0 Å². The van der Waals surface area contributed by atoms with E-state index in [2.05, 4.69) is 30.2 Å². The molecule has 2 nitrogen and oxygen atoms in total. The number of likely N-dealkylation sites (N-methyl/N-ethyl adjacent to an activating group) is 1. The van der Waals surface area contributed by atoms with Gasteiger partial charge in [0.2, 0.25) is 0 Å². The highest BCUT2D eigenvalue weighted by atomic mass is 14.9. The van der Waals surface area contributed by atoms with Crippen molar-refractivity contribution in [1.82, 2.24) is 10.3 Å². The lowest BCUT2D eigenvalue weighted by molar-refractivity contribution is 0.506. The minimum absolute atomic E-state index is 0.619. The molecule has 0 aromatic carbocycles. The molecule has 0 amide bonds. The van der Waals surface area contributed by atoms with E-state index in [0.717, 1.165) is 13.0 Å². The summed E-state index contributed by atoms with van der Waals surface area (Å²) in [7, 11) is 0. The maximum absolute atomic E-state index is 3.45. The van der Waals surface area contributed by atoms with E-state index >= 15 is 0 Å². The van der Waals surface area contributed by atoms with Crippen molar-refractivity contribution in [3.05, 3.63) is 24.0 Å². The van der Waals surface area contributed by atoms with Gasteiger partial charge in [0.1, 0.15) is 0 Å². The Kier molecular flexibility index (Phi) is 3.88. The first-order valence-electron chi connectivity index (χ1n) is 4.72. The first-order chi connectivity index (χ1) is 5.86. The molecule has 1 atom stereocenters. The van der Waals surface area contributed by atoms with Crippen molar-refractivity contribution in [3.8, 4) is 0 Å². The number of rotatable bonds is 5. The quantitative estimate of drug-likeness (QED) is 0.687. The molecule has 2 N–H and O–H groups in total. The van der Waals surface area contributed by atoms with E-state index in [-0.39, 0.29) is 0 Å². The Bertz CT molecular complexity index is 192. The van der Waals surface area contributed by atoms with E-state index < -0.39 is 0 Å². The van der Waals surface area contributed by atoms with Crippen LogP contribution in [0.4, 0.5) is 0 Å². The van der Waals surface area contributed by atoms with Gasteiger partial charge in [-0.05, 0) is 25.1 Å². The SMILES string of the molecule is CCNC(CC)Cc1ccc[nH]1. The molecule has 0 aliphatic heterocycles. The third-order valence-electron chi connectivity index (χ3n) is 2.11. The second-order valence-corrected chi connectivity index (χ2v) is 3.06. The van der Waals surface area contributed by atoms with Crippen LogP contribution in [0.1, 0.15) is 26.0 Å². The topological polar surface area (TPSA) is 27.8 Å². The van der Waals surface area contributed by atoms with Gasteiger partial charge in [-0.15, -0.1) is 0 Å². The van der Waals surface area contributed by atoms with Crippen LogP contribution in [0.5, 0.6) is 0 Å². The van der Waals surface area contributed by atoms with Gasteiger partial charge in [-0.3, -0.25) is 0 Å². The van der Waals surface area contributed by atoms with Gasteiger partial charge in [0, 0.05) is 24.4 Å². The fourth-order valence-corrected chi connectivity index (χ4v) is 1.41. The fraction of sp³-hybridized carbons (Fsp3) is 0.600. The first kappa shape index (κ1) is 9.33. The fourth-order valence-electron chi connectivity index (χ4n) is 1.41. The Morgan fingerprint density at radius 1 is 1.50 bits per heavy atom. The zero-order valence-electron chi connectivity index (χ0n) is 7.93. The van der Waals surface area contributed by atoms with Crippen LogP contribution in [0.2, 0.25) is 0 Å². The summed E-state index contributed by atoms with van der Waals surface area (Å²) in [5, 5.41) is 3.45. The summed E-state index contributed by atoms with van der Waals surface area (Å²) in [6, 6.07) is 4.81. The monoisotopic (exact) mass is 166 g/mol. The average molecular weight is 166 g/mol. The Labute approximate surface area is 74.4 Å². The van der Waals surface area contributed by atoms with Crippen molar-refractivity contribution in [2.24, 2.45) is 0 Å². The normalized spacial score (nSPS) is 13.2. The van der Waals surface area contributed by atoms with Crippen LogP contribution in [-0.2, 0) is 6.42 Å². The molecular weight excluding hydrogens is 148 g/mol. The summed E-state index contributed by atoms with van der Waals surface area (Å²) < 4.78 is 0. The van der Waals surface area contributed by atoms with Crippen LogP contribution in [0, 0.1) is 0 Å². The largest absolute Gasteiger partial charge is 0.365 e. The summed E-state index contributed by atoms with van der Waals surface area (Å²) in [5.74, 6) is 0. The maximum atomic E-state index is 3.45. The Balaban J connectivity index is 2.37. The number of hydrogen-bond acceptors (Lipinski definition) is 1. The first-order valence-corrected chi connectivity index (χ1v) is 4.72. The predicted molar refractivity (Wildman–Crippen MR) is 52.3 cm³/mol. The molecule has 1 aromatic rings. The maximum Gasteiger partial charge on any atom is 0.0162 e. The highest BCUT2D eigenvalue weighted by Gasteiger charge is 2.04. The molecule has 1 unspecified atom stereocenters. The molecular formula is C10H18N2.